The van der Waals surface area contributed by atoms with E-state index in [1.165, 1.54) is 5.56 Å². The average molecular weight is 329 g/mol. The summed E-state index contributed by atoms with van der Waals surface area (Å²) >= 11 is 3.49. The number of hydrogen-bond donors (Lipinski definition) is 3. The molecule has 0 bridgehead atoms. The molecule has 0 saturated carbocycles. The molecular weight excluding hydrogens is 308 g/mol. The van der Waals surface area contributed by atoms with Gasteiger partial charge in [0.15, 0.2) is 0 Å². The summed E-state index contributed by atoms with van der Waals surface area (Å²) < 4.78 is 1.05. The second-order valence-electron chi connectivity index (χ2n) is 4.99. The van der Waals surface area contributed by atoms with Crippen LogP contribution in [0, 0.1) is 0 Å². The Hall–Kier alpha value is -0.620. The Bertz CT molecular complexity index is 418. The van der Waals surface area contributed by atoms with Crippen LogP contribution in [-0.4, -0.2) is 42.1 Å². The number of benzene rings is 1. The molecule has 1 aromatic rings. The molecule has 0 amide bonds. The van der Waals surface area contributed by atoms with Gasteiger partial charge in [0.05, 0.1) is 12.2 Å². The molecule has 1 fully saturated rings. The summed E-state index contributed by atoms with van der Waals surface area (Å²) in [4.78, 5) is 2.05. The minimum absolute atomic E-state index is 0.490. The maximum Gasteiger partial charge on any atom is 0.0990 e. The fourth-order valence-electron chi connectivity index (χ4n) is 2.37. The summed E-state index contributed by atoms with van der Waals surface area (Å²) in [6, 6.07) is 6.13. The van der Waals surface area contributed by atoms with Gasteiger partial charge >= 0.3 is 0 Å². The van der Waals surface area contributed by atoms with Crippen molar-refractivity contribution in [3.63, 3.8) is 0 Å². The molecule has 106 valence electrons. The average Bonchev–Trinajstić information content (AvgIpc) is 2.70. The Morgan fingerprint density at radius 3 is 2.63 bits per heavy atom. The molecule has 2 atom stereocenters. The van der Waals surface area contributed by atoms with E-state index in [1.54, 1.807) is 0 Å². The van der Waals surface area contributed by atoms with Crippen LogP contribution >= 0.6 is 15.9 Å². The molecular formula is C14H21BrN2O2. The Kier molecular flexibility index (Phi) is 5.21. The van der Waals surface area contributed by atoms with Gasteiger partial charge in [0, 0.05) is 29.8 Å². The summed E-state index contributed by atoms with van der Waals surface area (Å²) in [6.45, 7) is 4.90. The number of anilines is 1. The lowest BCUT2D eigenvalue weighted by Gasteiger charge is -2.22. The molecule has 19 heavy (non-hydrogen) atoms. The van der Waals surface area contributed by atoms with E-state index in [-0.39, 0.29) is 0 Å². The van der Waals surface area contributed by atoms with Crippen molar-refractivity contribution in [2.24, 2.45) is 0 Å². The number of aliphatic hydroxyl groups is 2. The van der Waals surface area contributed by atoms with Gasteiger partial charge in [-0.25, -0.2) is 0 Å². The molecule has 2 unspecified atom stereocenters. The van der Waals surface area contributed by atoms with Gasteiger partial charge < -0.3 is 20.4 Å². The van der Waals surface area contributed by atoms with E-state index < -0.39 is 12.2 Å². The quantitative estimate of drug-likeness (QED) is 0.717. The van der Waals surface area contributed by atoms with Crippen molar-refractivity contribution in [2.45, 2.75) is 32.1 Å². The highest BCUT2D eigenvalue weighted by atomic mass is 79.9. The molecule has 3 N–H and O–H groups in total. The van der Waals surface area contributed by atoms with Crippen molar-refractivity contribution < 1.29 is 10.2 Å². The first-order valence-electron chi connectivity index (χ1n) is 6.72. The zero-order chi connectivity index (χ0) is 13.8. The number of aliphatic hydroxyl groups excluding tert-OH is 2. The largest absolute Gasteiger partial charge is 0.389 e. The Morgan fingerprint density at radius 2 is 2.00 bits per heavy atom. The smallest absolute Gasteiger partial charge is 0.0990 e. The first-order chi connectivity index (χ1) is 9.11. The highest BCUT2D eigenvalue weighted by molar-refractivity contribution is 9.10. The van der Waals surface area contributed by atoms with E-state index in [4.69, 9.17) is 0 Å². The van der Waals surface area contributed by atoms with Gasteiger partial charge in [-0.05, 0) is 36.7 Å². The first-order valence-corrected chi connectivity index (χ1v) is 7.51. The Balaban J connectivity index is 2.14. The molecule has 1 saturated heterocycles. The standard InChI is InChI=1S/C14H21BrN2O2/c1-2-5-16-7-10-6-11(15)3-4-12(10)17-8-13(18)14(19)9-17/h3-4,6,13-14,16,18-19H,2,5,7-9H2,1H3. The van der Waals surface area contributed by atoms with Crippen LogP contribution in [-0.2, 0) is 6.54 Å². The van der Waals surface area contributed by atoms with Crippen LogP contribution < -0.4 is 10.2 Å². The highest BCUT2D eigenvalue weighted by Crippen LogP contribution is 2.27. The van der Waals surface area contributed by atoms with E-state index in [0.717, 1.165) is 29.7 Å². The third-order valence-electron chi connectivity index (χ3n) is 3.38. The van der Waals surface area contributed by atoms with E-state index >= 15 is 0 Å². The molecule has 4 nitrogen and oxygen atoms in total. The molecule has 1 heterocycles. The lowest BCUT2D eigenvalue weighted by atomic mass is 10.1. The number of nitrogens with one attached hydrogen (secondary N) is 1. The summed E-state index contributed by atoms with van der Waals surface area (Å²) in [5.74, 6) is 0. The molecule has 1 aromatic carbocycles. The van der Waals surface area contributed by atoms with Gasteiger partial charge in [0.1, 0.15) is 0 Å². The molecule has 5 heteroatoms. The van der Waals surface area contributed by atoms with E-state index in [0.29, 0.717) is 13.1 Å². The predicted octanol–water partition coefficient (Wildman–Crippen LogP) is 1.49. The van der Waals surface area contributed by atoms with Gasteiger partial charge in [-0.3, -0.25) is 0 Å². The molecule has 1 aliphatic heterocycles. The molecule has 2 rings (SSSR count). The maximum absolute atomic E-state index is 9.67. The van der Waals surface area contributed by atoms with Crippen LogP contribution in [0.15, 0.2) is 22.7 Å². The number of β-amino-alcohol motifs (C(OH)–C–C–N with tert-alkyl or cyclic N) is 2. The monoisotopic (exact) mass is 328 g/mol. The van der Waals surface area contributed by atoms with Crippen molar-refractivity contribution in [1.29, 1.82) is 0 Å². The number of halogens is 1. The molecule has 0 radical (unpaired) electrons. The van der Waals surface area contributed by atoms with Crippen molar-refractivity contribution in [3.8, 4) is 0 Å². The summed E-state index contributed by atoms with van der Waals surface area (Å²) in [6.07, 6.45) is -0.204. The molecule has 0 spiro atoms. The summed E-state index contributed by atoms with van der Waals surface area (Å²) in [5.41, 5.74) is 2.27. The van der Waals surface area contributed by atoms with Crippen LogP contribution in [0.25, 0.3) is 0 Å². The normalized spacial score (nSPS) is 23.1. The molecule has 1 aliphatic rings. The third-order valence-corrected chi connectivity index (χ3v) is 3.88. The minimum atomic E-state index is -0.653. The zero-order valence-electron chi connectivity index (χ0n) is 11.1. The number of hydrogen-bond acceptors (Lipinski definition) is 4. The van der Waals surface area contributed by atoms with Gasteiger partial charge in [0.2, 0.25) is 0 Å². The van der Waals surface area contributed by atoms with Crippen LogP contribution in [0.3, 0.4) is 0 Å². The van der Waals surface area contributed by atoms with Gasteiger partial charge in [0.25, 0.3) is 0 Å². The van der Waals surface area contributed by atoms with Crippen molar-refractivity contribution >= 4 is 21.6 Å². The minimum Gasteiger partial charge on any atom is -0.389 e. The van der Waals surface area contributed by atoms with Gasteiger partial charge in [-0.15, -0.1) is 0 Å². The fraction of sp³-hybridized carbons (Fsp3) is 0.571. The Labute approximate surface area is 122 Å². The van der Waals surface area contributed by atoms with Crippen LogP contribution in [0.4, 0.5) is 5.69 Å². The zero-order valence-corrected chi connectivity index (χ0v) is 12.7. The highest BCUT2D eigenvalue weighted by Gasteiger charge is 2.30. The maximum atomic E-state index is 9.67. The van der Waals surface area contributed by atoms with Crippen LogP contribution in [0.2, 0.25) is 0 Å². The van der Waals surface area contributed by atoms with Crippen LogP contribution in [0.5, 0.6) is 0 Å². The van der Waals surface area contributed by atoms with Gasteiger partial charge in [-0.1, -0.05) is 22.9 Å². The SMILES string of the molecule is CCCNCc1cc(Br)ccc1N1CC(O)C(O)C1. The van der Waals surface area contributed by atoms with E-state index in [1.807, 2.05) is 17.0 Å². The van der Waals surface area contributed by atoms with Crippen molar-refractivity contribution in [2.75, 3.05) is 24.5 Å². The summed E-state index contributed by atoms with van der Waals surface area (Å²) in [5, 5.41) is 22.7. The topological polar surface area (TPSA) is 55.7 Å². The second-order valence-corrected chi connectivity index (χ2v) is 5.91. The van der Waals surface area contributed by atoms with E-state index in [9.17, 15) is 10.2 Å². The Morgan fingerprint density at radius 1 is 1.32 bits per heavy atom. The van der Waals surface area contributed by atoms with E-state index in [2.05, 4.69) is 34.2 Å². The lowest BCUT2D eigenvalue weighted by Crippen LogP contribution is -2.24. The third kappa shape index (κ3) is 3.69. The van der Waals surface area contributed by atoms with Crippen molar-refractivity contribution in [1.82, 2.24) is 5.32 Å². The first kappa shape index (κ1) is 14.8. The number of rotatable bonds is 5. The molecule has 0 aliphatic carbocycles. The predicted molar refractivity (Wildman–Crippen MR) is 80.4 cm³/mol. The van der Waals surface area contributed by atoms with Crippen molar-refractivity contribution in [3.05, 3.63) is 28.2 Å². The molecule has 0 aromatic heterocycles. The van der Waals surface area contributed by atoms with Crippen LogP contribution in [0.1, 0.15) is 18.9 Å². The second kappa shape index (κ2) is 6.70. The van der Waals surface area contributed by atoms with Gasteiger partial charge in [-0.2, -0.15) is 0 Å². The summed E-state index contributed by atoms with van der Waals surface area (Å²) in [7, 11) is 0. The fourth-order valence-corrected chi connectivity index (χ4v) is 2.78. The number of nitrogens with zero attached hydrogens (tertiary/aromatic N) is 1. The lowest BCUT2D eigenvalue weighted by molar-refractivity contribution is 0.0572.